The van der Waals surface area contributed by atoms with Gasteiger partial charge in [0.1, 0.15) is 17.5 Å². The van der Waals surface area contributed by atoms with Crippen molar-refractivity contribution in [3.8, 4) is 0 Å². The zero-order valence-corrected chi connectivity index (χ0v) is 15.7. The predicted molar refractivity (Wildman–Crippen MR) is 102 cm³/mol. The minimum absolute atomic E-state index is 0.166. The minimum atomic E-state index is -1.01. The van der Waals surface area contributed by atoms with E-state index >= 15 is 0 Å². The van der Waals surface area contributed by atoms with Crippen molar-refractivity contribution in [2.75, 3.05) is 11.1 Å². The molecule has 1 aliphatic heterocycles. The highest BCUT2D eigenvalue weighted by molar-refractivity contribution is 8.13. The van der Waals surface area contributed by atoms with Gasteiger partial charge in [0.2, 0.25) is 0 Å². The number of thioether (sulfide) groups is 1. The van der Waals surface area contributed by atoms with Crippen molar-refractivity contribution < 1.29 is 18.0 Å². The van der Waals surface area contributed by atoms with E-state index in [1.807, 2.05) is 6.92 Å². The van der Waals surface area contributed by atoms with E-state index < -0.39 is 39.5 Å². The van der Waals surface area contributed by atoms with Crippen molar-refractivity contribution in [2.24, 2.45) is 10.7 Å². The maximum atomic E-state index is 14.2. The number of halogens is 4. The third kappa shape index (κ3) is 4.06. The molecule has 3 rings (SSSR count). The molecular weight excluding hydrogens is 399 g/mol. The number of benzene rings is 2. The number of nitrogens with two attached hydrogens (primary N) is 1. The van der Waals surface area contributed by atoms with Gasteiger partial charge in [0.25, 0.3) is 5.91 Å². The molecule has 27 heavy (non-hydrogen) atoms. The molecule has 0 fully saturated rings. The average Bonchev–Trinajstić information content (AvgIpc) is 2.59. The highest BCUT2D eigenvalue weighted by atomic mass is 35.5. The van der Waals surface area contributed by atoms with Gasteiger partial charge in [0.05, 0.1) is 21.8 Å². The average molecular weight is 414 g/mol. The Morgan fingerprint density at radius 1 is 1.22 bits per heavy atom. The van der Waals surface area contributed by atoms with Crippen LogP contribution < -0.4 is 11.1 Å². The van der Waals surface area contributed by atoms with Crippen LogP contribution in [0, 0.1) is 17.5 Å². The van der Waals surface area contributed by atoms with Gasteiger partial charge >= 0.3 is 0 Å². The number of anilines is 1. The Balaban J connectivity index is 1.93. The standard InChI is InChI=1S/C18H15ClF3N3OS/c1-18(4-5-27-17(23)25-18)9-2-3-12(20)15(6-9)24-16(26)10-7-14(22)11(19)8-13(10)21/h2-3,6-8H,4-5H2,1H3,(H2,23,25)(H,24,26). The molecule has 3 N–H and O–H groups in total. The molecule has 142 valence electrons. The molecule has 0 spiro atoms. The summed E-state index contributed by atoms with van der Waals surface area (Å²) in [6.45, 7) is 1.85. The number of hydrogen-bond acceptors (Lipinski definition) is 4. The molecule has 4 nitrogen and oxygen atoms in total. The molecule has 0 saturated heterocycles. The summed E-state index contributed by atoms with van der Waals surface area (Å²) in [7, 11) is 0. The van der Waals surface area contributed by atoms with Crippen LogP contribution in [0.4, 0.5) is 18.9 Å². The van der Waals surface area contributed by atoms with E-state index in [1.54, 1.807) is 6.07 Å². The van der Waals surface area contributed by atoms with Gasteiger partial charge in [0.15, 0.2) is 5.17 Å². The SMILES string of the molecule is CC1(c2ccc(F)c(NC(=O)c3cc(F)c(Cl)cc3F)c2)CCSC(N)=N1. The second kappa shape index (κ2) is 7.44. The lowest BCUT2D eigenvalue weighted by molar-refractivity contribution is 0.102. The number of rotatable bonds is 3. The van der Waals surface area contributed by atoms with E-state index in [4.69, 9.17) is 17.3 Å². The van der Waals surface area contributed by atoms with E-state index in [9.17, 15) is 18.0 Å². The van der Waals surface area contributed by atoms with Crippen LogP contribution in [0.2, 0.25) is 5.02 Å². The minimum Gasteiger partial charge on any atom is -0.379 e. The Bertz CT molecular complexity index is 954. The second-order valence-corrected chi connectivity index (χ2v) is 7.74. The zero-order valence-electron chi connectivity index (χ0n) is 14.2. The van der Waals surface area contributed by atoms with E-state index in [2.05, 4.69) is 10.3 Å². The topological polar surface area (TPSA) is 67.5 Å². The summed E-state index contributed by atoms with van der Waals surface area (Å²) in [4.78, 5) is 16.7. The molecule has 2 aromatic carbocycles. The van der Waals surface area contributed by atoms with Crippen molar-refractivity contribution in [1.82, 2.24) is 0 Å². The summed E-state index contributed by atoms with van der Waals surface area (Å²) in [6, 6.07) is 5.52. The number of hydrogen-bond donors (Lipinski definition) is 2. The molecule has 0 saturated carbocycles. The quantitative estimate of drug-likeness (QED) is 0.718. The summed E-state index contributed by atoms with van der Waals surface area (Å²) < 4.78 is 41.7. The summed E-state index contributed by atoms with van der Waals surface area (Å²) in [5, 5.41) is 2.25. The van der Waals surface area contributed by atoms with Crippen LogP contribution >= 0.6 is 23.4 Å². The first-order chi connectivity index (χ1) is 12.7. The summed E-state index contributed by atoms with van der Waals surface area (Å²) in [5.74, 6) is -2.92. The molecule has 0 bridgehead atoms. The van der Waals surface area contributed by atoms with Crippen LogP contribution in [0.3, 0.4) is 0 Å². The van der Waals surface area contributed by atoms with Gasteiger partial charge in [-0.1, -0.05) is 29.4 Å². The Kier molecular flexibility index (Phi) is 5.39. The van der Waals surface area contributed by atoms with E-state index in [0.717, 1.165) is 5.75 Å². The van der Waals surface area contributed by atoms with Gasteiger partial charge in [0, 0.05) is 5.75 Å². The maximum Gasteiger partial charge on any atom is 0.258 e. The molecule has 1 aliphatic rings. The number of nitrogens with zero attached hydrogens (tertiary/aromatic N) is 1. The Labute approximate surface area is 163 Å². The van der Waals surface area contributed by atoms with Crippen LogP contribution in [0.1, 0.15) is 29.3 Å². The maximum absolute atomic E-state index is 14.2. The Morgan fingerprint density at radius 2 is 1.96 bits per heavy atom. The molecule has 0 aliphatic carbocycles. The lowest BCUT2D eigenvalue weighted by Gasteiger charge is -2.30. The number of amides is 1. The van der Waals surface area contributed by atoms with Gasteiger partial charge in [-0.25, -0.2) is 13.2 Å². The van der Waals surface area contributed by atoms with Crippen molar-refractivity contribution in [3.63, 3.8) is 0 Å². The van der Waals surface area contributed by atoms with Gasteiger partial charge in [-0.05, 0) is 43.2 Å². The molecule has 1 heterocycles. The number of carbonyl (C=O) groups excluding carboxylic acids is 1. The third-order valence-corrected chi connectivity index (χ3v) is 5.37. The number of amidine groups is 1. The van der Waals surface area contributed by atoms with E-state index in [1.165, 1.54) is 23.9 Å². The first kappa shape index (κ1) is 19.6. The first-order valence-corrected chi connectivity index (χ1v) is 9.30. The van der Waals surface area contributed by atoms with Crippen molar-refractivity contribution in [2.45, 2.75) is 18.9 Å². The number of nitrogens with one attached hydrogen (secondary N) is 1. The zero-order chi connectivity index (χ0) is 19.8. The molecule has 1 amide bonds. The first-order valence-electron chi connectivity index (χ1n) is 7.94. The highest BCUT2D eigenvalue weighted by Crippen LogP contribution is 2.36. The molecule has 0 aromatic heterocycles. The van der Waals surface area contributed by atoms with Crippen molar-refractivity contribution in [3.05, 3.63) is 63.9 Å². The highest BCUT2D eigenvalue weighted by Gasteiger charge is 2.30. The second-order valence-electron chi connectivity index (χ2n) is 6.22. The summed E-state index contributed by atoms with van der Waals surface area (Å²) >= 11 is 6.91. The normalized spacial score (nSPS) is 19.5. The molecule has 2 aromatic rings. The third-order valence-electron chi connectivity index (χ3n) is 4.29. The largest absolute Gasteiger partial charge is 0.379 e. The van der Waals surface area contributed by atoms with Gasteiger partial charge < -0.3 is 11.1 Å². The fourth-order valence-electron chi connectivity index (χ4n) is 2.74. The summed E-state index contributed by atoms with van der Waals surface area (Å²) in [6.07, 6.45) is 0.675. The molecule has 1 atom stereocenters. The fraction of sp³-hybridized carbons (Fsp3) is 0.222. The monoisotopic (exact) mass is 413 g/mol. The Hall–Kier alpha value is -2.19. The molecule has 9 heteroatoms. The Morgan fingerprint density at radius 3 is 2.67 bits per heavy atom. The van der Waals surface area contributed by atoms with Crippen LogP contribution in [-0.4, -0.2) is 16.8 Å². The lowest BCUT2D eigenvalue weighted by atomic mass is 9.89. The van der Waals surface area contributed by atoms with Gasteiger partial charge in [-0.2, -0.15) is 0 Å². The fourth-order valence-corrected chi connectivity index (χ4v) is 3.86. The van der Waals surface area contributed by atoms with Crippen molar-refractivity contribution >= 4 is 40.1 Å². The van der Waals surface area contributed by atoms with E-state index in [-0.39, 0.29) is 5.69 Å². The molecule has 1 unspecified atom stereocenters. The van der Waals surface area contributed by atoms with Crippen LogP contribution in [0.25, 0.3) is 0 Å². The number of carbonyl (C=O) groups is 1. The van der Waals surface area contributed by atoms with Crippen LogP contribution in [-0.2, 0) is 5.54 Å². The predicted octanol–water partition coefficient (Wildman–Crippen LogP) is 4.68. The van der Waals surface area contributed by atoms with E-state index in [0.29, 0.717) is 29.3 Å². The molecule has 0 radical (unpaired) electrons. The number of aliphatic imine (C=N–C) groups is 1. The van der Waals surface area contributed by atoms with Gasteiger partial charge in [-0.15, -0.1) is 0 Å². The van der Waals surface area contributed by atoms with Gasteiger partial charge in [-0.3, -0.25) is 9.79 Å². The summed E-state index contributed by atoms with van der Waals surface area (Å²) in [5.41, 5.74) is 5.03. The lowest BCUT2D eigenvalue weighted by Crippen LogP contribution is -2.29. The molecular formula is C18H15ClF3N3OS. The van der Waals surface area contributed by atoms with Crippen LogP contribution in [0.5, 0.6) is 0 Å². The van der Waals surface area contributed by atoms with Crippen molar-refractivity contribution in [1.29, 1.82) is 0 Å². The smallest absolute Gasteiger partial charge is 0.258 e. The van der Waals surface area contributed by atoms with Crippen LogP contribution in [0.15, 0.2) is 35.3 Å².